The Morgan fingerprint density at radius 1 is 1.31 bits per heavy atom. The second-order valence-corrected chi connectivity index (χ2v) is 4.34. The molecule has 0 radical (unpaired) electrons. The SMILES string of the molecule is CCCC(O)C1CC(C)OC(C)C1. The summed E-state index contributed by atoms with van der Waals surface area (Å²) < 4.78 is 5.63. The van der Waals surface area contributed by atoms with Crippen LogP contribution in [0.5, 0.6) is 0 Å². The molecule has 1 rings (SSSR count). The maximum absolute atomic E-state index is 9.85. The molecule has 0 amide bonds. The minimum Gasteiger partial charge on any atom is -0.393 e. The smallest absolute Gasteiger partial charge is 0.0570 e. The van der Waals surface area contributed by atoms with E-state index in [1.54, 1.807) is 0 Å². The maximum atomic E-state index is 9.85. The van der Waals surface area contributed by atoms with Gasteiger partial charge in [0.15, 0.2) is 0 Å². The molecule has 0 saturated carbocycles. The molecule has 0 spiro atoms. The average Bonchev–Trinajstić information content (AvgIpc) is 2.03. The summed E-state index contributed by atoms with van der Waals surface area (Å²) in [6.45, 7) is 6.32. The van der Waals surface area contributed by atoms with Crippen LogP contribution in [-0.4, -0.2) is 23.4 Å². The third-order valence-corrected chi connectivity index (χ3v) is 2.86. The second kappa shape index (κ2) is 4.97. The summed E-state index contributed by atoms with van der Waals surface area (Å²) in [7, 11) is 0. The molecule has 1 heterocycles. The lowest BCUT2D eigenvalue weighted by Crippen LogP contribution is -2.35. The predicted octanol–water partition coefficient (Wildman–Crippen LogP) is 2.35. The van der Waals surface area contributed by atoms with Crippen LogP contribution in [0.15, 0.2) is 0 Å². The summed E-state index contributed by atoms with van der Waals surface area (Å²) in [5.74, 6) is 0.457. The van der Waals surface area contributed by atoms with E-state index >= 15 is 0 Å². The van der Waals surface area contributed by atoms with E-state index in [9.17, 15) is 5.11 Å². The van der Waals surface area contributed by atoms with Crippen LogP contribution in [0.25, 0.3) is 0 Å². The van der Waals surface area contributed by atoms with Crippen LogP contribution >= 0.6 is 0 Å². The second-order valence-electron chi connectivity index (χ2n) is 4.34. The van der Waals surface area contributed by atoms with Gasteiger partial charge in [0, 0.05) is 0 Å². The lowest BCUT2D eigenvalue weighted by atomic mass is 9.86. The fourth-order valence-electron chi connectivity index (χ4n) is 2.30. The van der Waals surface area contributed by atoms with Crippen molar-refractivity contribution in [2.45, 2.75) is 64.8 Å². The zero-order valence-corrected chi connectivity index (χ0v) is 8.99. The Kier molecular flexibility index (Phi) is 4.20. The lowest BCUT2D eigenvalue weighted by Gasteiger charge is -2.34. The van der Waals surface area contributed by atoms with Crippen LogP contribution in [0.3, 0.4) is 0 Å². The van der Waals surface area contributed by atoms with Gasteiger partial charge < -0.3 is 9.84 Å². The van der Waals surface area contributed by atoms with Gasteiger partial charge in [-0.15, -0.1) is 0 Å². The van der Waals surface area contributed by atoms with Gasteiger partial charge >= 0.3 is 0 Å². The molecule has 13 heavy (non-hydrogen) atoms. The first-order valence-corrected chi connectivity index (χ1v) is 5.47. The number of aliphatic hydroxyl groups is 1. The van der Waals surface area contributed by atoms with Crippen molar-refractivity contribution in [2.24, 2.45) is 5.92 Å². The van der Waals surface area contributed by atoms with Crippen molar-refractivity contribution < 1.29 is 9.84 Å². The fourth-order valence-corrected chi connectivity index (χ4v) is 2.30. The van der Waals surface area contributed by atoms with E-state index in [0.717, 1.165) is 25.7 Å². The molecular formula is C11H22O2. The van der Waals surface area contributed by atoms with Gasteiger partial charge in [0.25, 0.3) is 0 Å². The molecule has 0 aromatic carbocycles. The van der Waals surface area contributed by atoms with E-state index in [4.69, 9.17) is 4.74 Å². The Labute approximate surface area is 81.3 Å². The summed E-state index contributed by atoms with van der Waals surface area (Å²) in [5.41, 5.74) is 0. The lowest BCUT2D eigenvalue weighted by molar-refractivity contribution is -0.0796. The van der Waals surface area contributed by atoms with Crippen molar-refractivity contribution in [2.75, 3.05) is 0 Å². The highest BCUT2D eigenvalue weighted by Gasteiger charge is 2.28. The molecule has 0 bridgehead atoms. The Hall–Kier alpha value is -0.0800. The quantitative estimate of drug-likeness (QED) is 0.733. The summed E-state index contributed by atoms with van der Waals surface area (Å²) in [6, 6.07) is 0. The Bertz CT molecular complexity index is 137. The van der Waals surface area contributed by atoms with Crippen LogP contribution in [0.4, 0.5) is 0 Å². The van der Waals surface area contributed by atoms with E-state index < -0.39 is 0 Å². The van der Waals surface area contributed by atoms with Gasteiger partial charge in [0.1, 0.15) is 0 Å². The third-order valence-electron chi connectivity index (χ3n) is 2.86. The fraction of sp³-hybridized carbons (Fsp3) is 1.00. The molecule has 1 N–H and O–H groups in total. The number of hydrogen-bond acceptors (Lipinski definition) is 2. The minimum atomic E-state index is -0.112. The molecule has 3 unspecified atom stereocenters. The van der Waals surface area contributed by atoms with Crippen molar-refractivity contribution in [1.29, 1.82) is 0 Å². The standard InChI is InChI=1S/C11H22O2/c1-4-5-11(12)10-6-8(2)13-9(3)7-10/h8-12H,4-7H2,1-3H3. The van der Waals surface area contributed by atoms with Gasteiger partial charge in [-0.1, -0.05) is 13.3 Å². The predicted molar refractivity (Wildman–Crippen MR) is 53.6 cm³/mol. The molecule has 3 atom stereocenters. The maximum Gasteiger partial charge on any atom is 0.0570 e. The number of aliphatic hydroxyl groups excluding tert-OH is 1. The van der Waals surface area contributed by atoms with Crippen LogP contribution in [0.2, 0.25) is 0 Å². The summed E-state index contributed by atoms with van der Waals surface area (Å²) in [4.78, 5) is 0. The summed E-state index contributed by atoms with van der Waals surface area (Å²) >= 11 is 0. The minimum absolute atomic E-state index is 0.112. The first kappa shape index (κ1) is 11.0. The summed E-state index contributed by atoms with van der Waals surface area (Å²) in [6.07, 6.45) is 4.57. The van der Waals surface area contributed by atoms with Crippen molar-refractivity contribution in [3.05, 3.63) is 0 Å². The van der Waals surface area contributed by atoms with Gasteiger partial charge in [-0.05, 0) is 39.0 Å². The Balaban J connectivity index is 2.40. The Morgan fingerprint density at radius 2 is 1.85 bits per heavy atom. The van der Waals surface area contributed by atoms with Crippen molar-refractivity contribution in [1.82, 2.24) is 0 Å². The van der Waals surface area contributed by atoms with Crippen molar-refractivity contribution >= 4 is 0 Å². The topological polar surface area (TPSA) is 29.5 Å². The number of rotatable bonds is 3. The van der Waals surface area contributed by atoms with Crippen LogP contribution in [0.1, 0.15) is 46.5 Å². The van der Waals surface area contributed by atoms with Gasteiger partial charge in [-0.25, -0.2) is 0 Å². The van der Waals surface area contributed by atoms with E-state index in [1.165, 1.54) is 0 Å². The monoisotopic (exact) mass is 186 g/mol. The molecule has 0 aliphatic carbocycles. The molecule has 2 heteroatoms. The van der Waals surface area contributed by atoms with Gasteiger partial charge in [-0.3, -0.25) is 0 Å². The molecule has 1 aliphatic heterocycles. The van der Waals surface area contributed by atoms with Crippen LogP contribution < -0.4 is 0 Å². The molecule has 1 fully saturated rings. The molecular weight excluding hydrogens is 164 g/mol. The number of ether oxygens (including phenoxy) is 1. The molecule has 1 aliphatic rings. The Morgan fingerprint density at radius 3 is 2.31 bits per heavy atom. The van der Waals surface area contributed by atoms with E-state index in [0.29, 0.717) is 18.1 Å². The zero-order valence-electron chi connectivity index (χ0n) is 8.99. The largest absolute Gasteiger partial charge is 0.393 e. The van der Waals surface area contributed by atoms with Crippen LogP contribution in [0, 0.1) is 5.92 Å². The number of hydrogen-bond donors (Lipinski definition) is 1. The zero-order chi connectivity index (χ0) is 9.84. The van der Waals surface area contributed by atoms with Crippen molar-refractivity contribution in [3.8, 4) is 0 Å². The third kappa shape index (κ3) is 3.28. The molecule has 78 valence electrons. The summed E-state index contributed by atoms with van der Waals surface area (Å²) in [5, 5.41) is 9.85. The highest BCUT2D eigenvalue weighted by molar-refractivity contribution is 4.78. The molecule has 1 saturated heterocycles. The highest BCUT2D eigenvalue weighted by atomic mass is 16.5. The van der Waals surface area contributed by atoms with Gasteiger partial charge in [0.2, 0.25) is 0 Å². The first-order valence-electron chi connectivity index (χ1n) is 5.47. The molecule has 2 nitrogen and oxygen atoms in total. The molecule has 0 aromatic heterocycles. The molecule has 0 aromatic rings. The average molecular weight is 186 g/mol. The normalized spacial score (nSPS) is 37.4. The van der Waals surface area contributed by atoms with Crippen LogP contribution in [-0.2, 0) is 4.74 Å². The van der Waals surface area contributed by atoms with Gasteiger partial charge in [0.05, 0.1) is 18.3 Å². The highest BCUT2D eigenvalue weighted by Crippen LogP contribution is 2.28. The first-order chi connectivity index (χ1) is 6.13. The van der Waals surface area contributed by atoms with E-state index in [1.807, 2.05) is 0 Å². The van der Waals surface area contributed by atoms with Gasteiger partial charge in [-0.2, -0.15) is 0 Å². The van der Waals surface area contributed by atoms with E-state index in [2.05, 4.69) is 20.8 Å². The van der Waals surface area contributed by atoms with Crippen molar-refractivity contribution in [3.63, 3.8) is 0 Å². The van der Waals surface area contributed by atoms with E-state index in [-0.39, 0.29) is 6.10 Å².